The molecule has 0 aliphatic carbocycles. The van der Waals surface area contributed by atoms with Gasteiger partial charge in [-0.2, -0.15) is 31.4 Å². The van der Waals surface area contributed by atoms with Crippen molar-refractivity contribution in [2.75, 3.05) is 49.7 Å². The molecule has 1 saturated heterocycles. The van der Waals surface area contributed by atoms with E-state index in [9.17, 15) is 40.7 Å². The second-order valence-corrected chi connectivity index (χ2v) is 10.1. The summed E-state index contributed by atoms with van der Waals surface area (Å²) in [6, 6.07) is 0.102. The Morgan fingerprint density at radius 1 is 1.24 bits per heavy atom. The number of fused-ring (bicyclic) bond motifs is 3. The van der Waals surface area contributed by atoms with Gasteiger partial charge in [0.05, 0.1) is 55.4 Å². The van der Waals surface area contributed by atoms with E-state index in [2.05, 4.69) is 15.1 Å². The first kappa shape index (κ1) is 30.2. The van der Waals surface area contributed by atoms with Crippen molar-refractivity contribution < 1.29 is 45.5 Å². The van der Waals surface area contributed by atoms with Gasteiger partial charge in [-0.25, -0.2) is 10.4 Å². The van der Waals surface area contributed by atoms with Crippen LogP contribution in [0.5, 0.6) is 0 Å². The molecule has 0 spiro atoms. The van der Waals surface area contributed by atoms with Gasteiger partial charge in [0.2, 0.25) is 5.91 Å². The summed E-state index contributed by atoms with van der Waals surface area (Å²) in [6.07, 6.45) is -8.03. The molecule has 11 nitrogen and oxygen atoms in total. The minimum Gasteiger partial charge on any atom is -0.379 e. The first-order valence-electron chi connectivity index (χ1n) is 12.5. The van der Waals surface area contributed by atoms with Gasteiger partial charge in [-0.1, -0.05) is 0 Å². The number of alkyl halides is 6. The lowest BCUT2D eigenvalue weighted by Gasteiger charge is -2.53. The molecular weight excluding hydrogens is 564 g/mol. The number of hydrogen-bond acceptors (Lipinski definition) is 8. The molecule has 4 rings (SSSR count). The molecule has 4 heterocycles. The normalized spacial score (nSPS) is 24.8. The average molecular weight is 592 g/mol. The number of pyridine rings is 1. The minimum absolute atomic E-state index is 0.0230. The highest BCUT2D eigenvalue weighted by Crippen LogP contribution is 2.42. The molecule has 3 amide bonds. The predicted octanol–water partition coefficient (Wildman–Crippen LogP) is 2.01. The molecular formula is C24H27F6N7O4. The van der Waals surface area contributed by atoms with E-state index in [4.69, 9.17) is 4.74 Å². The van der Waals surface area contributed by atoms with Gasteiger partial charge in [0.25, 0.3) is 11.8 Å². The summed E-state index contributed by atoms with van der Waals surface area (Å²) in [4.78, 5) is 49.8. The highest BCUT2D eigenvalue weighted by Gasteiger charge is 2.52. The summed E-state index contributed by atoms with van der Waals surface area (Å²) >= 11 is 0. The van der Waals surface area contributed by atoms with E-state index >= 15 is 0 Å². The Kier molecular flexibility index (Phi) is 8.03. The minimum atomic E-state index is -4.85. The number of aromatic nitrogens is 1. The van der Waals surface area contributed by atoms with Crippen LogP contribution in [-0.4, -0.2) is 97.2 Å². The Hall–Kier alpha value is -3.76. The number of carbonyl (C=O) groups is 3. The van der Waals surface area contributed by atoms with Gasteiger partial charge in [0.15, 0.2) is 11.7 Å². The van der Waals surface area contributed by atoms with Crippen LogP contribution >= 0.6 is 0 Å². The number of amides is 3. The molecule has 17 heteroatoms. The standard InChI is InChI=1S/C24H27F6N7O4/c1-13(33-15-10-32-34-20(39)18(15)24(28,29)30)11-41-7-4-17(38)36-5-6-37-19-16(8-14(9-31-19)23(25,26)27)35(3)21(40)22(37,2)12-36/h8-10,13,18H,4-7,11-12H2,1-3H3,(H,34,39)/t13-,18?,22+/m0/s1. The number of ether oxygens (including phenoxy) is 1. The number of anilines is 2. The van der Waals surface area contributed by atoms with Gasteiger partial charge in [0, 0.05) is 26.3 Å². The number of likely N-dealkylation sites (N-methyl/N-ethyl adjacent to an activating group) is 1. The second-order valence-electron chi connectivity index (χ2n) is 10.1. The summed E-state index contributed by atoms with van der Waals surface area (Å²) in [6.45, 7) is 3.15. The summed E-state index contributed by atoms with van der Waals surface area (Å²) in [5.74, 6) is -4.41. The molecule has 1 aromatic heterocycles. The summed E-state index contributed by atoms with van der Waals surface area (Å²) in [7, 11) is 1.35. The van der Waals surface area contributed by atoms with Gasteiger partial charge >= 0.3 is 12.4 Å². The number of halogens is 6. The number of aliphatic imine (C=N–C) groups is 1. The fourth-order valence-electron chi connectivity index (χ4n) is 4.99. The molecule has 0 bridgehead atoms. The quantitative estimate of drug-likeness (QED) is 0.400. The van der Waals surface area contributed by atoms with Crippen molar-refractivity contribution in [1.82, 2.24) is 15.3 Å². The van der Waals surface area contributed by atoms with E-state index in [1.54, 1.807) is 17.2 Å². The van der Waals surface area contributed by atoms with E-state index < -0.39 is 52.9 Å². The zero-order chi connectivity index (χ0) is 30.3. The summed E-state index contributed by atoms with van der Waals surface area (Å²) in [5.41, 5.74) is -1.01. The van der Waals surface area contributed by atoms with E-state index in [-0.39, 0.29) is 56.7 Å². The lowest BCUT2D eigenvalue weighted by Crippen LogP contribution is -2.70. The van der Waals surface area contributed by atoms with Crippen LogP contribution in [0.4, 0.5) is 37.8 Å². The maximum Gasteiger partial charge on any atom is 0.417 e. The molecule has 0 aromatic carbocycles. The van der Waals surface area contributed by atoms with E-state index in [0.717, 1.165) is 17.2 Å². The van der Waals surface area contributed by atoms with Crippen LogP contribution < -0.4 is 15.2 Å². The Labute approximate surface area is 230 Å². The summed E-state index contributed by atoms with van der Waals surface area (Å²) in [5, 5.41) is 3.37. The molecule has 224 valence electrons. The van der Waals surface area contributed by atoms with Crippen LogP contribution in [0.2, 0.25) is 0 Å². The van der Waals surface area contributed by atoms with Crippen molar-refractivity contribution in [1.29, 1.82) is 0 Å². The van der Waals surface area contributed by atoms with Crippen LogP contribution in [0.25, 0.3) is 0 Å². The van der Waals surface area contributed by atoms with Crippen molar-refractivity contribution in [3.63, 3.8) is 0 Å². The van der Waals surface area contributed by atoms with Crippen LogP contribution in [0.15, 0.2) is 22.4 Å². The zero-order valence-corrected chi connectivity index (χ0v) is 22.2. The van der Waals surface area contributed by atoms with E-state index in [1.807, 2.05) is 0 Å². The van der Waals surface area contributed by atoms with Gasteiger partial charge in [0.1, 0.15) is 5.54 Å². The molecule has 3 aliphatic heterocycles. The number of hydrogen-bond donors (Lipinski definition) is 1. The lowest BCUT2D eigenvalue weighted by molar-refractivity contribution is -0.168. The highest BCUT2D eigenvalue weighted by atomic mass is 19.4. The third-order valence-corrected chi connectivity index (χ3v) is 7.04. The maximum atomic E-state index is 13.3. The zero-order valence-electron chi connectivity index (χ0n) is 22.2. The average Bonchev–Trinajstić information content (AvgIpc) is 2.88. The van der Waals surface area contributed by atoms with Gasteiger partial charge < -0.3 is 19.4 Å². The van der Waals surface area contributed by atoms with Crippen molar-refractivity contribution >= 4 is 41.2 Å². The van der Waals surface area contributed by atoms with Crippen molar-refractivity contribution in [3.8, 4) is 0 Å². The van der Waals surface area contributed by atoms with Crippen molar-refractivity contribution in [3.05, 3.63) is 17.8 Å². The number of carbonyl (C=O) groups excluding carboxylic acids is 3. The number of rotatable bonds is 6. The number of nitrogens with zero attached hydrogens (tertiary/aromatic N) is 6. The molecule has 1 aromatic rings. The third-order valence-electron chi connectivity index (χ3n) is 7.04. The molecule has 3 aliphatic rings. The van der Waals surface area contributed by atoms with Crippen LogP contribution in [0.1, 0.15) is 25.8 Å². The second kappa shape index (κ2) is 10.9. The predicted molar refractivity (Wildman–Crippen MR) is 133 cm³/mol. The Bertz CT molecular complexity index is 1280. The van der Waals surface area contributed by atoms with E-state index in [1.165, 1.54) is 18.9 Å². The Morgan fingerprint density at radius 3 is 2.61 bits per heavy atom. The SMILES string of the molecule is C[C@@H](COCCC(=O)N1CCN2c3ncc(C(F)(F)F)cc3N(C)C(=O)[C@@]2(C)C1)N=C1C=NNC(=O)C1C(F)(F)F. The molecule has 1 unspecified atom stereocenters. The first-order valence-corrected chi connectivity index (χ1v) is 12.5. The maximum absolute atomic E-state index is 13.3. The largest absolute Gasteiger partial charge is 0.417 e. The lowest BCUT2D eigenvalue weighted by atomic mass is 9.90. The number of hydrazone groups is 1. The van der Waals surface area contributed by atoms with Crippen LogP contribution in [-0.2, 0) is 25.3 Å². The van der Waals surface area contributed by atoms with E-state index in [0.29, 0.717) is 6.20 Å². The van der Waals surface area contributed by atoms with Crippen molar-refractivity contribution in [2.24, 2.45) is 16.0 Å². The Balaban J connectivity index is 1.34. The third kappa shape index (κ3) is 5.99. The fraction of sp³-hybridized carbons (Fsp3) is 0.583. The fourth-order valence-corrected chi connectivity index (χ4v) is 4.99. The van der Waals surface area contributed by atoms with Gasteiger partial charge in [-0.3, -0.25) is 19.4 Å². The van der Waals surface area contributed by atoms with Gasteiger partial charge in [-0.15, -0.1) is 0 Å². The Morgan fingerprint density at radius 2 is 1.95 bits per heavy atom. The first-order chi connectivity index (χ1) is 19.0. The molecule has 0 radical (unpaired) electrons. The smallest absolute Gasteiger partial charge is 0.379 e. The molecule has 41 heavy (non-hydrogen) atoms. The molecule has 3 atom stereocenters. The topological polar surface area (TPSA) is 120 Å². The number of piperazine rings is 1. The molecule has 1 N–H and O–H groups in total. The van der Waals surface area contributed by atoms with Crippen LogP contribution in [0.3, 0.4) is 0 Å². The molecule has 1 fully saturated rings. The highest BCUT2D eigenvalue weighted by molar-refractivity contribution is 6.37. The number of nitrogens with one attached hydrogen (secondary N) is 1. The van der Waals surface area contributed by atoms with Crippen molar-refractivity contribution in [2.45, 2.75) is 44.2 Å². The van der Waals surface area contributed by atoms with Gasteiger partial charge in [-0.05, 0) is 19.9 Å². The molecule has 0 saturated carbocycles. The monoisotopic (exact) mass is 591 g/mol. The van der Waals surface area contributed by atoms with Crippen LogP contribution in [0, 0.1) is 5.92 Å². The summed E-state index contributed by atoms with van der Waals surface area (Å²) < 4.78 is 84.7.